The highest BCUT2D eigenvalue weighted by molar-refractivity contribution is 5.75. The van der Waals surface area contributed by atoms with E-state index in [2.05, 4.69) is 21.3 Å². The molecule has 37 heavy (non-hydrogen) atoms. The number of ether oxygens (including phenoxy) is 2. The zero-order valence-electron chi connectivity index (χ0n) is 23.4. The van der Waals surface area contributed by atoms with Crippen molar-refractivity contribution < 1.29 is 19.1 Å². The lowest BCUT2D eigenvalue weighted by Crippen LogP contribution is -2.63. The maximum absolute atomic E-state index is 12.9. The zero-order chi connectivity index (χ0) is 26.4. The third-order valence-corrected chi connectivity index (χ3v) is 8.51. The number of nitrogens with zero attached hydrogens (tertiary/aromatic N) is 2. The van der Waals surface area contributed by atoms with Crippen LogP contribution in [0.1, 0.15) is 72.1 Å². The monoisotopic (exact) mass is 522 g/mol. The van der Waals surface area contributed by atoms with Gasteiger partial charge in [0.25, 0.3) is 0 Å². The third kappa shape index (κ3) is 8.43. The van der Waals surface area contributed by atoms with Gasteiger partial charge < -0.3 is 24.6 Å². The summed E-state index contributed by atoms with van der Waals surface area (Å²) in [6, 6.07) is 0.533. The van der Waals surface area contributed by atoms with E-state index in [9.17, 15) is 9.59 Å². The van der Waals surface area contributed by atoms with E-state index in [1.54, 1.807) is 4.90 Å². The molecule has 0 bridgehead atoms. The van der Waals surface area contributed by atoms with Crippen molar-refractivity contribution in [2.24, 2.45) is 11.8 Å². The Balaban J connectivity index is 1.14. The first-order valence-corrected chi connectivity index (χ1v) is 14.5. The van der Waals surface area contributed by atoms with Crippen molar-refractivity contribution in [2.45, 2.75) is 102 Å². The van der Waals surface area contributed by atoms with Crippen LogP contribution in [-0.2, 0) is 9.47 Å². The van der Waals surface area contributed by atoms with E-state index in [4.69, 9.17) is 9.47 Å². The number of carbonyl (C=O) groups excluding carboxylic acids is 2. The Kier molecular flexibility index (Phi) is 9.94. The maximum atomic E-state index is 12.9. The molecule has 0 aromatic heterocycles. The number of urea groups is 1. The van der Waals surface area contributed by atoms with Crippen molar-refractivity contribution in [1.29, 1.82) is 0 Å². The predicted octanol–water partition coefficient (Wildman–Crippen LogP) is 2.45. The molecule has 10 nitrogen and oxygen atoms in total. The van der Waals surface area contributed by atoms with Crippen LogP contribution in [0.5, 0.6) is 0 Å². The van der Waals surface area contributed by atoms with Crippen LogP contribution < -0.4 is 21.3 Å². The van der Waals surface area contributed by atoms with Crippen molar-refractivity contribution >= 4 is 12.1 Å². The summed E-state index contributed by atoms with van der Waals surface area (Å²) in [4.78, 5) is 28.7. The number of amides is 3. The SMILES string of the molecule is COC1CCC(C2CNC(NC3CCCC(NC(=O)N4CCN(C(=O)OC(C)(C)C)CC4)C3)NC2)CC1. The van der Waals surface area contributed by atoms with Crippen LogP contribution in [0.2, 0.25) is 0 Å². The fourth-order valence-electron chi connectivity index (χ4n) is 6.32. The average molecular weight is 523 g/mol. The van der Waals surface area contributed by atoms with Gasteiger partial charge in [-0.1, -0.05) is 0 Å². The van der Waals surface area contributed by atoms with Gasteiger partial charge in [-0.2, -0.15) is 0 Å². The number of hydrogen-bond acceptors (Lipinski definition) is 7. The second-order valence-electron chi connectivity index (χ2n) is 12.4. The molecule has 3 amide bonds. The van der Waals surface area contributed by atoms with E-state index >= 15 is 0 Å². The van der Waals surface area contributed by atoms with Gasteiger partial charge in [-0.25, -0.2) is 9.59 Å². The second-order valence-corrected chi connectivity index (χ2v) is 12.4. The average Bonchev–Trinajstić information content (AvgIpc) is 2.88. The molecule has 2 atom stereocenters. The molecular weight excluding hydrogens is 472 g/mol. The van der Waals surface area contributed by atoms with Crippen molar-refractivity contribution in [1.82, 2.24) is 31.1 Å². The van der Waals surface area contributed by atoms with Crippen molar-refractivity contribution in [3.05, 3.63) is 0 Å². The molecule has 0 aromatic rings. The van der Waals surface area contributed by atoms with E-state index in [0.717, 1.165) is 44.7 Å². The number of rotatable bonds is 5. The van der Waals surface area contributed by atoms with Crippen LogP contribution in [-0.4, -0.2) is 98.4 Å². The van der Waals surface area contributed by atoms with Gasteiger partial charge >= 0.3 is 12.1 Å². The van der Waals surface area contributed by atoms with Crippen LogP contribution >= 0.6 is 0 Å². The van der Waals surface area contributed by atoms with Crippen LogP contribution in [0.25, 0.3) is 0 Å². The largest absolute Gasteiger partial charge is 0.444 e. The molecule has 4 N–H and O–H groups in total. The number of carbonyl (C=O) groups is 2. The molecule has 0 aromatic carbocycles. The summed E-state index contributed by atoms with van der Waals surface area (Å²) >= 11 is 0. The molecule has 2 saturated heterocycles. The summed E-state index contributed by atoms with van der Waals surface area (Å²) in [7, 11) is 1.83. The Hall–Kier alpha value is -1.62. The Morgan fingerprint density at radius 2 is 1.46 bits per heavy atom. The normalized spacial score (nSPS) is 33.6. The molecular formula is C27H50N6O4. The highest BCUT2D eigenvalue weighted by Gasteiger charge is 2.33. The molecule has 2 heterocycles. The predicted molar refractivity (Wildman–Crippen MR) is 143 cm³/mol. The summed E-state index contributed by atoms with van der Waals surface area (Å²) in [5.74, 6) is 1.47. The second kappa shape index (κ2) is 13.0. The Morgan fingerprint density at radius 1 is 0.838 bits per heavy atom. The highest BCUT2D eigenvalue weighted by atomic mass is 16.6. The fraction of sp³-hybridized carbons (Fsp3) is 0.926. The van der Waals surface area contributed by atoms with Gasteiger partial charge in [0, 0.05) is 58.5 Å². The van der Waals surface area contributed by atoms with E-state index in [0.29, 0.717) is 44.2 Å². The molecule has 212 valence electrons. The Labute approximate surface area is 222 Å². The first-order valence-electron chi connectivity index (χ1n) is 14.5. The van der Waals surface area contributed by atoms with Gasteiger partial charge in [0.2, 0.25) is 0 Å². The van der Waals surface area contributed by atoms with Crippen LogP contribution in [0.3, 0.4) is 0 Å². The smallest absolute Gasteiger partial charge is 0.410 e. The van der Waals surface area contributed by atoms with Crippen molar-refractivity contribution in [3.8, 4) is 0 Å². The lowest BCUT2D eigenvalue weighted by atomic mass is 9.78. The number of piperazine rings is 1. The molecule has 4 fully saturated rings. The van der Waals surface area contributed by atoms with Gasteiger partial charge in [0.1, 0.15) is 11.9 Å². The van der Waals surface area contributed by atoms with Crippen molar-refractivity contribution in [3.63, 3.8) is 0 Å². The molecule has 4 aliphatic rings. The number of nitrogens with one attached hydrogen (secondary N) is 4. The molecule has 0 radical (unpaired) electrons. The minimum Gasteiger partial charge on any atom is -0.444 e. The topological polar surface area (TPSA) is 107 Å². The zero-order valence-corrected chi connectivity index (χ0v) is 23.4. The molecule has 2 aliphatic heterocycles. The molecule has 0 spiro atoms. The lowest BCUT2D eigenvalue weighted by molar-refractivity contribution is 0.0168. The van der Waals surface area contributed by atoms with Gasteiger partial charge in [-0.15, -0.1) is 0 Å². The fourth-order valence-corrected chi connectivity index (χ4v) is 6.32. The lowest BCUT2D eigenvalue weighted by Gasteiger charge is -2.41. The summed E-state index contributed by atoms with van der Waals surface area (Å²) in [5, 5.41) is 14.4. The van der Waals surface area contributed by atoms with E-state index in [-0.39, 0.29) is 24.5 Å². The molecule has 4 rings (SSSR count). The Morgan fingerprint density at radius 3 is 2.08 bits per heavy atom. The minimum atomic E-state index is -0.509. The first-order chi connectivity index (χ1) is 17.7. The maximum Gasteiger partial charge on any atom is 0.410 e. The molecule has 2 unspecified atom stereocenters. The minimum absolute atomic E-state index is 0.0190. The standard InChI is InChI=1S/C27H50N6O4/c1-27(2,3)37-26(35)33-14-12-32(13-15-33)25(34)31-22-7-5-6-21(16-22)30-24-28-17-20(18-29-24)19-8-10-23(36-4)11-9-19/h19-24,28-30H,5-18H2,1-4H3,(H,31,34). The summed E-state index contributed by atoms with van der Waals surface area (Å²) in [6.45, 7) is 9.78. The molecule has 2 saturated carbocycles. The van der Waals surface area contributed by atoms with Crippen LogP contribution in [0, 0.1) is 11.8 Å². The summed E-state index contributed by atoms with van der Waals surface area (Å²) < 4.78 is 11.0. The summed E-state index contributed by atoms with van der Waals surface area (Å²) in [6.07, 6.45) is 9.38. The van der Waals surface area contributed by atoms with E-state index < -0.39 is 5.60 Å². The third-order valence-electron chi connectivity index (χ3n) is 8.51. The molecule has 2 aliphatic carbocycles. The molecule has 10 heteroatoms. The van der Waals surface area contributed by atoms with E-state index in [1.165, 1.54) is 25.7 Å². The van der Waals surface area contributed by atoms with Gasteiger partial charge in [0.15, 0.2) is 0 Å². The van der Waals surface area contributed by atoms with Crippen molar-refractivity contribution in [2.75, 3.05) is 46.4 Å². The number of hydrogen-bond donors (Lipinski definition) is 4. The Bertz CT molecular complexity index is 738. The van der Waals surface area contributed by atoms with Gasteiger partial charge in [-0.3, -0.25) is 16.0 Å². The van der Waals surface area contributed by atoms with Gasteiger partial charge in [-0.05, 0) is 84.0 Å². The first kappa shape index (κ1) is 28.4. The van der Waals surface area contributed by atoms with Crippen LogP contribution in [0.15, 0.2) is 0 Å². The summed E-state index contributed by atoms with van der Waals surface area (Å²) in [5.41, 5.74) is -0.509. The van der Waals surface area contributed by atoms with Crippen LogP contribution in [0.4, 0.5) is 9.59 Å². The quantitative estimate of drug-likeness (QED) is 0.439. The highest BCUT2D eigenvalue weighted by Crippen LogP contribution is 2.31. The van der Waals surface area contributed by atoms with Gasteiger partial charge in [0.05, 0.1) is 6.10 Å². The van der Waals surface area contributed by atoms with E-state index in [1.807, 2.05) is 32.8 Å². The number of methoxy groups -OCH3 is 1.